The Balaban J connectivity index is 2.47. The molecular formula is C12H15NO. The predicted octanol–water partition coefficient (Wildman–Crippen LogP) is 2.22. The van der Waals surface area contributed by atoms with Crippen LogP contribution in [0.5, 0.6) is 0 Å². The molecule has 0 saturated heterocycles. The summed E-state index contributed by atoms with van der Waals surface area (Å²) in [6, 6.07) is 6.03. The molecule has 1 heterocycles. The molecule has 0 saturated carbocycles. The molecule has 0 spiro atoms. The third kappa shape index (κ3) is 1.22. The molecule has 1 aromatic carbocycles. The molecule has 2 nitrogen and oxygen atoms in total. The quantitative estimate of drug-likeness (QED) is 0.698. The van der Waals surface area contributed by atoms with E-state index in [4.69, 9.17) is 0 Å². The van der Waals surface area contributed by atoms with Gasteiger partial charge < -0.3 is 4.90 Å². The summed E-state index contributed by atoms with van der Waals surface area (Å²) in [5.74, 6) is 0.192. The van der Waals surface area contributed by atoms with Crippen LogP contribution in [-0.4, -0.2) is 17.4 Å². The Kier molecular flexibility index (Phi) is 2.28. The number of rotatable bonds is 2. The highest BCUT2D eigenvalue weighted by Crippen LogP contribution is 2.25. The topological polar surface area (TPSA) is 20.3 Å². The van der Waals surface area contributed by atoms with Crippen LogP contribution >= 0.6 is 0 Å². The first-order chi connectivity index (χ1) is 6.77. The Bertz CT molecular complexity index is 371. The first kappa shape index (κ1) is 9.25. The number of amides is 1. The molecule has 2 rings (SSSR count). The summed E-state index contributed by atoms with van der Waals surface area (Å²) in [7, 11) is 0. The fourth-order valence-electron chi connectivity index (χ4n) is 2.04. The average molecular weight is 189 g/mol. The van der Waals surface area contributed by atoms with Gasteiger partial charge in [-0.2, -0.15) is 0 Å². The minimum Gasteiger partial charge on any atom is -0.335 e. The molecule has 74 valence electrons. The third-order valence-electron chi connectivity index (χ3n) is 2.90. The molecule has 1 aromatic rings. The van der Waals surface area contributed by atoms with Crippen LogP contribution in [0.2, 0.25) is 0 Å². The number of aryl methyl sites for hydroxylation is 1. The standard InChI is InChI=1S/C12H15NO/c1-3-9-6-5-7-10-11(9)8-13(4-2)12(10)14/h5-7H,3-4,8H2,1-2H3. The van der Waals surface area contributed by atoms with Crippen molar-refractivity contribution < 1.29 is 4.79 Å². The van der Waals surface area contributed by atoms with E-state index in [9.17, 15) is 4.79 Å². The van der Waals surface area contributed by atoms with Crippen molar-refractivity contribution in [3.8, 4) is 0 Å². The number of hydrogen-bond acceptors (Lipinski definition) is 1. The maximum atomic E-state index is 11.8. The van der Waals surface area contributed by atoms with Gasteiger partial charge in [0.15, 0.2) is 0 Å². The van der Waals surface area contributed by atoms with Gasteiger partial charge in [-0.05, 0) is 30.5 Å². The Hall–Kier alpha value is -1.31. The summed E-state index contributed by atoms with van der Waals surface area (Å²) < 4.78 is 0. The maximum Gasteiger partial charge on any atom is 0.254 e. The molecule has 0 bridgehead atoms. The Morgan fingerprint density at radius 2 is 2.14 bits per heavy atom. The molecular weight excluding hydrogens is 174 g/mol. The van der Waals surface area contributed by atoms with Crippen molar-refractivity contribution in [3.05, 3.63) is 34.9 Å². The SMILES string of the molecule is CCc1cccc2c1CN(CC)C2=O. The van der Waals surface area contributed by atoms with Gasteiger partial charge in [0.05, 0.1) is 0 Å². The van der Waals surface area contributed by atoms with Crippen LogP contribution in [-0.2, 0) is 13.0 Å². The summed E-state index contributed by atoms with van der Waals surface area (Å²) in [5.41, 5.74) is 3.46. The number of fused-ring (bicyclic) bond motifs is 1. The molecule has 0 aromatic heterocycles. The molecule has 0 unspecified atom stereocenters. The Labute approximate surface area is 84.5 Å². The van der Waals surface area contributed by atoms with E-state index < -0.39 is 0 Å². The zero-order chi connectivity index (χ0) is 10.1. The summed E-state index contributed by atoms with van der Waals surface area (Å²) in [4.78, 5) is 13.7. The zero-order valence-corrected chi connectivity index (χ0v) is 8.71. The van der Waals surface area contributed by atoms with Gasteiger partial charge in [-0.25, -0.2) is 0 Å². The van der Waals surface area contributed by atoms with E-state index in [1.807, 2.05) is 24.0 Å². The van der Waals surface area contributed by atoms with Gasteiger partial charge in [-0.3, -0.25) is 4.79 Å². The summed E-state index contributed by atoms with van der Waals surface area (Å²) >= 11 is 0. The molecule has 0 N–H and O–H groups in total. The van der Waals surface area contributed by atoms with E-state index in [1.54, 1.807) is 0 Å². The highest BCUT2D eigenvalue weighted by atomic mass is 16.2. The lowest BCUT2D eigenvalue weighted by molar-refractivity contribution is 0.0787. The average Bonchev–Trinajstić information content (AvgIpc) is 2.55. The fraction of sp³-hybridized carbons (Fsp3) is 0.417. The second-order valence-corrected chi connectivity index (χ2v) is 3.62. The van der Waals surface area contributed by atoms with Crippen molar-refractivity contribution in [3.63, 3.8) is 0 Å². The predicted molar refractivity (Wildman–Crippen MR) is 56.2 cm³/mol. The van der Waals surface area contributed by atoms with Crippen molar-refractivity contribution in [1.82, 2.24) is 4.90 Å². The summed E-state index contributed by atoms with van der Waals surface area (Å²) in [6.45, 7) is 5.76. The number of benzene rings is 1. The molecule has 1 amide bonds. The van der Waals surface area contributed by atoms with E-state index in [0.717, 1.165) is 25.1 Å². The van der Waals surface area contributed by atoms with Crippen LogP contribution in [0.3, 0.4) is 0 Å². The van der Waals surface area contributed by atoms with Crippen molar-refractivity contribution in [2.75, 3.05) is 6.54 Å². The van der Waals surface area contributed by atoms with Crippen molar-refractivity contribution in [2.45, 2.75) is 26.8 Å². The highest BCUT2D eigenvalue weighted by molar-refractivity contribution is 5.98. The van der Waals surface area contributed by atoms with Crippen LogP contribution < -0.4 is 0 Å². The normalized spacial score (nSPS) is 14.7. The Morgan fingerprint density at radius 3 is 2.79 bits per heavy atom. The molecule has 0 atom stereocenters. The first-order valence-corrected chi connectivity index (χ1v) is 5.18. The third-order valence-corrected chi connectivity index (χ3v) is 2.90. The lowest BCUT2D eigenvalue weighted by Crippen LogP contribution is -2.22. The summed E-state index contributed by atoms with van der Waals surface area (Å²) in [6.07, 6.45) is 1.01. The number of carbonyl (C=O) groups excluding carboxylic acids is 1. The fourth-order valence-corrected chi connectivity index (χ4v) is 2.04. The van der Waals surface area contributed by atoms with Gasteiger partial charge in [0, 0.05) is 18.7 Å². The second-order valence-electron chi connectivity index (χ2n) is 3.62. The second kappa shape index (κ2) is 3.45. The van der Waals surface area contributed by atoms with E-state index in [2.05, 4.69) is 13.0 Å². The van der Waals surface area contributed by atoms with E-state index in [1.165, 1.54) is 11.1 Å². The smallest absolute Gasteiger partial charge is 0.254 e. The van der Waals surface area contributed by atoms with E-state index >= 15 is 0 Å². The first-order valence-electron chi connectivity index (χ1n) is 5.18. The zero-order valence-electron chi connectivity index (χ0n) is 8.71. The molecule has 1 aliphatic rings. The van der Waals surface area contributed by atoms with Gasteiger partial charge in [0.2, 0.25) is 0 Å². The van der Waals surface area contributed by atoms with Crippen LogP contribution in [0.25, 0.3) is 0 Å². The molecule has 1 aliphatic heterocycles. The largest absolute Gasteiger partial charge is 0.335 e. The van der Waals surface area contributed by atoms with Crippen molar-refractivity contribution in [2.24, 2.45) is 0 Å². The monoisotopic (exact) mass is 189 g/mol. The van der Waals surface area contributed by atoms with Crippen LogP contribution in [0.1, 0.15) is 35.3 Å². The number of hydrogen-bond donors (Lipinski definition) is 0. The van der Waals surface area contributed by atoms with E-state index in [-0.39, 0.29) is 5.91 Å². The molecule has 0 radical (unpaired) electrons. The Morgan fingerprint density at radius 1 is 1.36 bits per heavy atom. The molecule has 0 aliphatic carbocycles. The van der Waals surface area contributed by atoms with Crippen LogP contribution in [0.15, 0.2) is 18.2 Å². The number of carbonyl (C=O) groups is 1. The van der Waals surface area contributed by atoms with Crippen LogP contribution in [0.4, 0.5) is 0 Å². The van der Waals surface area contributed by atoms with Gasteiger partial charge >= 0.3 is 0 Å². The molecule has 2 heteroatoms. The van der Waals surface area contributed by atoms with Gasteiger partial charge in [-0.15, -0.1) is 0 Å². The van der Waals surface area contributed by atoms with Gasteiger partial charge in [0.25, 0.3) is 5.91 Å². The highest BCUT2D eigenvalue weighted by Gasteiger charge is 2.27. The lowest BCUT2D eigenvalue weighted by Gasteiger charge is -2.11. The van der Waals surface area contributed by atoms with Crippen molar-refractivity contribution in [1.29, 1.82) is 0 Å². The summed E-state index contributed by atoms with van der Waals surface area (Å²) in [5, 5.41) is 0. The van der Waals surface area contributed by atoms with E-state index in [0.29, 0.717) is 0 Å². The van der Waals surface area contributed by atoms with Crippen LogP contribution in [0, 0.1) is 0 Å². The molecule has 0 fully saturated rings. The van der Waals surface area contributed by atoms with Crippen molar-refractivity contribution >= 4 is 5.91 Å². The minimum atomic E-state index is 0.192. The van der Waals surface area contributed by atoms with Gasteiger partial charge in [-0.1, -0.05) is 19.1 Å². The van der Waals surface area contributed by atoms with Gasteiger partial charge in [0.1, 0.15) is 0 Å². The number of nitrogens with zero attached hydrogens (tertiary/aromatic N) is 1. The molecule has 14 heavy (non-hydrogen) atoms. The lowest BCUT2D eigenvalue weighted by atomic mass is 10.0. The maximum absolute atomic E-state index is 11.8. The minimum absolute atomic E-state index is 0.192.